The van der Waals surface area contributed by atoms with E-state index in [1.165, 1.54) is 24.3 Å². The van der Waals surface area contributed by atoms with E-state index in [0.717, 1.165) is 31.7 Å². The van der Waals surface area contributed by atoms with Crippen molar-refractivity contribution < 1.29 is 4.74 Å². The van der Waals surface area contributed by atoms with Gasteiger partial charge in [0.1, 0.15) is 0 Å². The van der Waals surface area contributed by atoms with E-state index >= 15 is 0 Å². The normalized spacial score (nSPS) is 20.2. The number of aryl methyl sites for hydroxylation is 1. The van der Waals surface area contributed by atoms with Crippen molar-refractivity contribution in [1.82, 2.24) is 15.1 Å². The lowest BCUT2D eigenvalue weighted by molar-refractivity contribution is 0.384. The molecule has 114 valence electrons. The van der Waals surface area contributed by atoms with Crippen LogP contribution in [0.1, 0.15) is 51.3 Å². The molecule has 1 fully saturated rings. The van der Waals surface area contributed by atoms with Crippen LogP contribution in [0, 0.1) is 0 Å². The number of ether oxygens (including phenoxy) is 1. The molecule has 1 N–H and O–H groups in total. The van der Waals surface area contributed by atoms with Crippen molar-refractivity contribution in [3.05, 3.63) is 11.9 Å². The Morgan fingerprint density at radius 2 is 2.35 bits per heavy atom. The maximum Gasteiger partial charge on any atom is 0.161 e. The maximum atomic E-state index is 5.56. The summed E-state index contributed by atoms with van der Waals surface area (Å²) >= 11 is 2.09. The summed E-state index contributed by atoms with van der Waals surface area (Å²) in [5.41, 5.74) is 1.24. The monoisotopic (exact) mass is 297 g/mol. The third-order valence-electron chi connectivity index (χ3n) is 3.75. The molecular weight excluding hydrogens is 270 g/mol. The fourth-order valence-corrected chi connectivity index (χ4v) is 4.20. The summed E-state index contributed by atoms with van der Waals surface area (Å²) in [6.07, 6.45) is 6.72. The van der Waals surface area contributed by atoms with Crippen molar-refractivity contribution >= 4 is 11.8 Å². The molecule has 0 amide bonds. The summed E-state index contributed by atoms with van der Waals surface area (Å²) in [6, 6.07) is 0.353. The first kappa shape index (κ1) is 15.7. The Morgan fingerprint density at radius 1 is 1.50 bits per heavy atom. The van der Waals surface area contributed by atoms with E-state index in [4.69, 9.17) is 4.74 Å². The quantitative estimate of drug-likeness (QED) is 0.799. The second-order valence-corrected chi connectivity index (χ2v) is 6.65. The highest BCUT2D eigenvalue weighted by Gasteiger charge is 2.31. The van der Waals surface area contributed by atoms with Gasteiger partial charge >= 0.3 is 0 Å². The molecule has 0 aromatic carbocycles. The standard InChI is InChI=1S/C15H27N3OS/c1-4-8-16-14(13-7-6-10-20-13)15-12(19-3)11-17-18(15)9-5-2/h11,13-14,16H,4-10H2,1-3H3. The number of aromatic nitrogens is 2. The van der Waals surface area contributed by atoms with Crippen LogP contribution < -0.4 is 10.1 Å². The molecule has 0 aliphatic carbocycles. The van der Waals surface area contributed by atoms with Crippen molar-refractivity contribution in [3.63, 3.8) is 0 Å². The highest BCUT2D eigenvalue weighted by Crippen LogP contribution is 2.39. The zero-order chi connectivity index (χ0) is 14.4. The molecule has 1 aromatic heterocycles. The molecule has 0 bridgehead atoms. The number of nitrogens with zero attached hydrogens (tertiary/aromatic N) is 2. The second-order valence-electron chi connectivity index (χ2n) is 5.30. The van der Waals surface area contributed by atoms with Gasteiger partial charge in [-0.15, -0.1) is 0 Å². The highest BCUT2D eigenvalue weighted by atomic mass is 32.2. The van der Waals surface area contributed by atoms with Crippen molar-refractivity contribution in [2.24, 2.45) is 0 Å². The van der Waals surface area contributed by atoms with E-state index < -0.39 is 0 Å². The molecule has 1 aliphatic rings. The lowest BCUT2D eigenvalue weighted by atomic mass is 10.1. The molecule has 2 unspecified atom stereocenters. The van der Waals surface area contributed by atoms with Crippen LogP contribution in [0.15, 0.2) is 6.20 Å². The van der Waals surface area contributed by atoms with Gasteiger partial charge in [-0.2, -0.15) is 16.9 Å². The van der Waals surface area contributed by atoms with Crippen molar-refractivity contribution in [1.29, 1.82) is 0 Å². The predicted molar refractivity (Wildman–Crippen MR) is 85.6 cm³/mol. The van der Waals surface area contributed by atoms with E-state index in [0.29, 0.717) is 11.3 Å². The molecule has 5 heteroatoms. The topological polar surface area (TPSA) is 39.1 Å². The van der Waals surface area contributed by atoms with Gasteiger partial charge in [0.15, 0.2) is 5.75 Å². The van der Waals surface area contributed by atoms with Crippen LogP contribution in [0.2, 0.25) is 0 Å². The van der Waals surface area contributed by atoms with E-state index in [-0.39, 0.29) is 0 Å². The third-order valence-corrected chi connectivity index (χ3v) is 5.21. The SMILES string of the molecule is CCCNC(c1c(OC)cnn1CCC)C1CCCS1. The number of thioether (sulfide) groups is 1. The summed E-state index contributed by atoms with van der Waals surface area (Å²) in [6.45, 7) is 6.41. The molecule has 2 rings (SSSR count). The average molecular weight is 297 g/mol. The molecule has 0 spiro atoms. The zero-order valence-electron chi connectivity index (χ0n) is 12.9. The number of hydrogen-bond acceptors (Lipinski definition) is 4. The minimum absolute atomic E-state index is 0.353. The third kappa shape index (κ3) is 3.50. The fraction of sp³-hybridized carbons (Fsp3) is 0.800. The van der Waals surface area contributed by atoms with Crippen molar-refractivity contribution in [2.75, 3.05) is 19.4 Å². The van der Waals surface area contributed by atoms with Crippen LogP contribution in [-0.4, -0.2) is 34.4 Å². The summed E-state index contributed by atoms with van der Waals surface area (Å²) in [7, 11) is 1.75. The second kappa shape index (κ2) is 7.93. The fourth-order valence-electron chi connectivity index (χ4n) is 2.81. The average Bonchev–Trinajstić information content (AvgIpc) is 3.10. The van der Waals surface area contributed by atoms with Crippen LogP contribution in [0.3, 0.4) is 0 Å². The lowest BCUT2D eigenvalue weighted by Gasteiger charge is -2.26. The molecule has 20 heavy (non-hydrogen) atoms. The van der Waals surface area contributed by atoms with E-state index in [9.17, 15) is 0 Å². The Hall–Kier alpha value is -0.680. The molecule has 2 heterocycles. The number of methoxy groups -OCH3 is 1. The van der Waals surface area contributed by atoms with Gasteiger partial charge < -0.3 is 10.1 Å². The van der Waals surface area contributed by atoms with Crippen LogP contribution in [-0.2, 0) is 6.54 Å². The van der Waals surface area contributed by atoms with Gasteiger partial charge in [-0.1, -0.05) is 13.8 Å². The van der Waals surface area contributed by atoms with Gasteiger partial charge in [0.05, 0.1) is 25.0 Å². The van der Waals surface area contributed by atoms with Gasteiger partial charge in [-0.25, -0.2) is 0 Å². The van der Waals surface area contributed by atoms with Gasteiger partial charge in [-0.05, 0) is 38.0 Å². The molecule has 1 saturated heterocycles. The maximum absolute atomic E-state index is 5.56. The number of hydrogen-bond donors (Lipinski definition) is 1. The first-order valence-electron chi connectivity index (χ1n) is 7.76. The minimum Gasteiger partial charge on any atom is -0.493 e. The summed E-state index contributed by atoms with van der Waals surface area (Å²) < 4.78 is 7.69. The molecule has 0 saturated carbocycles. The summed E-state index contributed by atoms with van der Waals surface area (Å²) in [4.78, 5) is 0. The Morgan fingerprint density at radius 3 is 2.95 bits per heavy atom. The Labute approximate surface area is 126 Å². The van der Waals surface area contributed by atoms with E-state index in [2.05, 4.69) is 40.7 Å². The summed E-state index contributed by atoms with van der Waals surface area (Å²) in [5, 5.41) is 8.89. The first-order chi connectivity index (χ1) is 9.81. The summed E-state index contributed by atoms with van der Waals surface area (Å²) in [5.74, 6) is 2.21. The minimum atomic E-state index is 0.353. The largest absolute Gasteiger partial charge is 0.493 e. The Bertz CT molecular complexity index is 402. The molecular formula is C15H27N3OS. The van der Waals surface area contributed by atoms with Crippen LogP contribution in [0.4, 0.5) is 0 Å². The van der Waals surface area contributed by atoms with Crippen molar-refractivity contribution in [2.45, 2.75) is 57.4 Å². The van der Waals surface area contributed by atoms with Crippen molar-refractivity contribution in [3.8, 4) is 5.75 Å². The van der Waals surface area contributed by atoms with Crippen LogP contribution in [0.25, 0.3) is 0 Å². The molecule has 1 aromatic rings. The number of rotatable bonds is 8. The lowest BCUT2D eigenvalue weighted by Crippen LogP contribution is -2.32. The van der Waals surface area contributed by atoms with Gasteiger partial charge in [0, 0.05) is 11.8 Å². The van der Waals surface area contributed by atoms with Crippen LogP contribution >= 0.6 is 11.8 Å². The first-order valence-corrected chi connectivity index (χ1v) is 8.81. The van der Waals surface area contributed by atoms with E-state index in [1.54, 1.807) is 7.11 Å². The van der Waals surface area contributed by atoms with Gasteiger partial charge in [0.25, 0.3) is 0 Å². The molecule has 4 nitrogen and oxygen atoms in total. The predicted octanol–water partition coefficient (Wildman–Crippen LogP) is 3.24. The number of nitrogens with one attached hydrogen (secondary N) is 1. The Balaban J connectivity index is 2.27. The van der Waals surface area contributed by atoms with Gasteiger partial charge in [0.2, 0.25) is 0 Å². The molecule has 2 atom stereocenters. The van der Waals surface area contributed by atoms with Gasteiger partial charge in [-0.3, -0.25) is 4.68 Å². The highest BCUT2D eigenvalue weighted by molar-refractivity contribution is 8.00. The van der Waals surface area contributed by atoms with Crippen LogP contribution in [0.5, 0.6) is 5.75 Å². The zero-order valence-corrected chi connectivity index (χ0v) is 13.7. The smallest absolute Gasteiger partial charge is 0.161 e. The Kier molecular flexibility index (Phi) is 6.23. The van der Waals surface area contributed by atoms with E-state index in [1.807, 2.05) is 6.20 Å². The molecule has 0 radical (unpaired) electrons. The molecule has 1 aliphatic heterocycles.